The molecule has 0 aromatic rings. The lowest BCUT2D eigenvalue weighted by atomic mass is 9.90. The van der Waals surface area contributed by atoms with E-state index in [9.17, 15) is 89.0 Å². The predicted octanol–water partition coefficient (Wildman–Crippen LogP) is 5.83. The van der Waals surface area contributed by atoms with E-state index in [0.29, 0.717) is 0 Å². The van der Waals surface area contributed by atoms with E-state index < -0.39 is 80.7 Å². The molecular weight excluding hydrogens is 574 g/mol. The molecule has 0 fully saturated rings. The van der Waals surface area contributed by atoms with Gasteiger partial charge in [-0.05, 0) is 6.16 Å². The lowest BCUT2D eigenvalue weighted by molar-refractivity contribution is -0.442. The van der Waals surface area contributed by atoms with Crippen LogP contribution in [0.4, 0.5) is 74.6 Å². The van der Waals surface area contributed by atoms with E-state index in [1.54, 1.807) is 0 Å². The summed E-state index contributed by atoms with van der Waals surface area (Å²) in [6.45, 7) is 0. The Morgan fingerprint density at radius 3 is 1.17 bits per heavy atom. The van der Waals surface area contributed by atoms with Crippen LogP contribution >= 0.6 is 7.60 Å². The maximum absolute atomic E-state index is 13.4. The Hall–Kier alpha value is -1.12. The van der Waals surface area contributed by atoms with Gasteiger partial charge in [-0.25, -0.2) is 17.6 Å². The second kappa shape index (κ2) is 10.3. The average Bonchev–Trinajstić information content (AvgIpc) is 2.48. The average molecular weight is 590 g/mol. The van der Waals surface area contributed by atoms with E-state index in [-0.39, 0.29) is 12.3 Å². The van der Waals surface area contributed by atoms with Gasteiger partial charge in [0, 0.05) is 6.42 Å². The summed E-state index contributed by atoms with van der Waals surface area (Å²) in [6, 6.07) is 0. The quantitative estimate of drug-likeness (QED) is 0.231. The van der Waals surface area contributed by atoms with Crippen molar-refractivity contribution in [2.24, 2.45) is 0 Å². The molecule has 0 atom stereocenters. The summed E-state index contributed by atoms with van der Waals surface area (Å²) in [5.74, 6) is -51.3. The molecule has 23 heteroatoms. The maximum Gasteiger partial charge on any atom is 0.460 e. The molecule has 0 amide bonds. The Morgan fingerprint density at radius 2 is 0.857 bits per heavy atom. The molecule has 0 saturated carbocycles. The largest absolute Gasteiger partial charge is 0.811 e. The van der Waals surface area contributed by atoms with Crippen LogP contribution in [-0.4, -0.2) is 53.8 Å². The van der Waals surface area contributed by atoms with Gasteiger partial charge >= 0.3 is 35.8 Å². The zero-order valence-corrected chi connectivity index (χ0v) is 17.8. The summed E-state index contributed by atoms with van der Waals surface area (Å²) in [4.78, 5) is 20.4. The first-order valence-corrected chi connectivity index (χ1v) is 9.32. The first kappa shape index (κ1) is 38.4. The van der Waals surface area contributed by atoms with Gasteiger partial charge in [-0.1, -0.05) is 7.60 Å². The van der Waals surface area contributed by atoms with Gasteiger partial charge in [0.2, 0.25) is 0 Å². The Morgan fingerprint density at radius 1 is 0.514 bits per heavy atom. The van der Waals surface area contributed by atoms with Gasteiger partial charge in [-0.15, -0.1) is 0 Å². The highest BCUT2D eigenvalue weighted by molar-refractivity contribution is 7.48. The van der Waals surface area contributed by atoms with E-state index >= 15 is 0 Å². The summed E-state index contributed by atoms with van der Waals surface area (Å²) in [5, 5.41) is 0. The normalized spacial score (nSPS) is 15.4. The number of hydrogen-bond acceptors (Lipinski definition) is 3. The van der Waals surface area contributed by atoms with Crippen LogP contribution in [0.3, 0.4) is 0 Å². The van der Waals surface area contributed by atoms with E-state index in [2.05, 4.69) is 0 Å². The molecular formula is C12H16F17N2O3P. The lowest BCUT2D eigenvalue weighted by Crippen LogP contribution is -2.70. The third-order valence-corrected chi connectivity index (χ3v) is 4.52. The van der Waals surface area contributed by atoms with E-state index in [1.165, 1.54) is 0 Å². The summed E-state index contributed by atoms with van der Waals surface area (Å²) >= 11 is 0. The van der Waals surface area contributed by atoms with Gasteiger partial charge in [0.25, 0.3) is 11.8 Å². The third kappa shape index (κ3) is 7.93. The first-order chi connectivity index (χ1) is 13.9. The maximum atomic E-state index is 13.4. The summed E-state index contributed by atoms with van der Waals surface area (Å²) in [6.07, 6.45) is -19.7. The Labute approximate surface area is 183 Å². The topological polar surface area (TPSA) is 136 Å². The second-order valence-corrected chi connectivity index (χ2v) is 8.32. The number of hydrogen-bond donors (Lipinski definition) is 2. The molecule has 35 heavy (non-hydrogen) atoms. The molecule has 5 nitrogen and oxygen atoms in total. The summed E-state index contributed by atoms with van der Waals surface area (Å²) in [5.41, 5.74) is 0. The number of alkyl halides is 17. The van der Waals surface area contributed by atoms with Crippen LogP contribution in [0.1, 0.15) is 19.3 Å². The third-order valence-electron chi connectivity index (χ3n) is 3.75. The Balaban J connectivity index is -0.00000512. The van der Waals surface area contributed by atoms with Crippen molar-refractivity contribution in [2.45, 2.75) is 66.9 Å². The molecule has 0 aromatic carbocycles. The molecule has 0 aliphatic rings. The van der Waals surface area contributed by atoms with Crippen LogP contribution in [0.5, 0.6) is 0 Å². The SMILES string of the molecule is O=P([O-])([O-])CCC(F)(F)CC(F)(F)CC(F)(F)C(F)(F)C(F)(F)C(F)(F)C(F)(F)C(F)(F)F.[NH4+].[NH4+]. The van der Waals surface area contributed by atoms with Gasteiger partial charge in [-0.2, -0.15) is 57.1 Å². The van der Waals surface area contributed by atoms with Crippen LogP contribution in [0.25, 0.3) is 0 Å². The molecule has 216 valence electrons. The Kier molecular flexibility index (Phi) is 11.3. The number of quaternary nitrogens is 2. The van der Waals surface area contributed by atoms with Crippen LogP contribution in [0.15, 0.2) is 0 Å². The van der Waals surface area contributed by atoms with E-state index in [1.807, 2.05) is 0 Å². The zero-order chi connectivity index (χ0) is 27.3. The molecule has 0 spiro atoms. The van der Waals surface area contributed by atoms with Crippen molar-refractivity contribution in [3.05, 3.63) is 0 Å². The monoisotopic (exact) mass is 590 g/mol. The highest BCUT2D eigenvalue weighted by Crippen LogP contribution is 2.61. The van der Waals surface area contributed by atoms with E-state index in [0.717, 1.165) is 0 Å². The minimum absolute atomic E-state index is 0. The van der Waals surface area contributed by atoms with Gasteiger partial charge in [0.15, 0.2) is 0 Å². The summed E-state index contributed by atoms with van der Waals surface area (Å²) < 4.78 is 230. The minimum Gasteiger partial charge on any atom is -0.811 e. The lowest BCUT2D eigenvalue weighted by Gasteiger charge is -2.40. The molecule has 0 aliphatic carbocycles. The van der Waals surface area contributed by atoms with Crippen molar-refractivity contribution in [1.29, 1.82) is 0 Å². The standard InChI is InChI=1S/C12H10F17O3P.2H3N/c13-5(14,1-2-33(30,31)32)3-6(15,16)4-7(17,18)8(19,20)9(21,22)10(23,24)11(25,26)12(27,28)29;;/h1-4H2,(H2,30,31,32);2*1H3. The van der Waals surface area contributed by atoms with Crippen molar-refractivity contribution in [3.63, 3.8) is 0 Å². The van der Waals surface area contributed by atoms with Crippen molar-refractivity contribution in [1.82, 2.24) is 12.3 Å². The smallest absolute Gasteiger partial charge is 0.460 e. The molecule has 8 N–H and O–H groups in total. The summed E-state index contributed by atoms with van der Waals surface area (Å²) in [7, 11) is -5.80. The van der Waals surface area contributed by atoms with Gasteiger partial charge in [0.1, 0.15) is 0 Å². The molecule has 0 rings (SSSR count). The molecule has 0 aromatic heterocycles. The van der Waals surface area contributed by atoms with Gasteiger partial charge in [0.05, 0.1) is 12.8 Å². The van der Waals surface area contributed by atoms with Crippen molar-refractivity contribution >= 4 is 7.60 Å². The fourth-order valence-corrected chi connectivity index (χ4v) is 2.67. The predicted molar refractivity (Wildman–Crippen MR) is 79.0 cm³/mol. The first-order valence-electron chi connectivity index (χ1n) is 7.59. The fourth-order valence-electron chi connectivity index (χ4n) is 2.07. The minimum atomic E-state index is -8.38. The van der Waals surface area contributed by atoms with Crippen molar-refractivity contribution in [3.8, 4) is 0 Å². The van der Waals surface area contributed by atoms with Crippen molar-refractivity contribution in [2.75, 3.05) is 6.16 Å². The van der Waals surface area contributed by atoms with Crippen LogP contribution < -0.4 is 22.1 Å². The molecule has 0 unspecified atom stereocenters. The molecule has 0 saturated heterocycles. The number of rotatable bonds is 11. The highest BCUT2D eigenvalue weighted by Gasteiger charge is 2.91. The van der Waals surface area contributed by atoms with Crippen LogP contribution in [0.2, 0.25) is 0 Å². The molecule has 0 aliphatic heterocycles. The zero-order valence-electron chi connectivity index (χ0n) is 16.9. The van der Waals surface area contributed by atoms with Crippen molar-refractivity contribution < 1.29 is 89.0 Å². The fraction of sp³-hybridized carbons (Fsp3) is 1.00. The molecule has 0 bridgehead atoms. The van der Waals surface area contributed by atoms with Crippen LogP contribution in [-0.2, 0) is 4.57 Å². The highest BCUT2D eigenvalue weighted by atomic mass is 31.2. The molecule has 0 heterocycles. The van der Waals surface area contributed by atoms with Gasteiger partial charge in [-0.3, -0.25) is 0 Å². The van der Waals surface area contributed by atoms with Crippen LogP contribution in [0, 0.1) is 0 Å². The Bertz CT molecular complexity index is 749. The number of halogens is 17. The van der Waals surface area contributed by atoms with Gasteiger partial charge < -0.3 is 26.7 Å². The second-order valence-electron chi connectivity index (χ2n) is 6.65. The molecule has 0 radical (unpaired) electrons. The van der Waals surface area contributed by atoms with E-state index in [4.69, 9.17) is 0 Å².